The fraction of sp³-hybridized carbons (Fsp3) is 0.435. The van der Waals surface area contributed by atoms with E-state index in [0.29, 0.717) is 13.0 Å². The minimum atomic E-state index is -1.21. The topological polar surface area (TPSA) is 181 Å². The third-order valence-electron chi connectivity index (χ3n) is 6.58. The first-order valence-corrected chi connectivity index (χ1v) is 15.3. The molecule has 0 aromatic carbocycles. The van der Waals surface area contributed by atoms with E-state index in [0.717, 1.165) is 24.2 Å². The zero-order valence-corrected chi connectivity index (χ0v) is 24.0. The Labute approximate surface area is 247 Å². The first kappa shape index (κ1) is 28.9. The van der Waals surface area contributed by atoms with Crippen LogP contribution in [0.25, 0.3) is 0 Å². The molecule has 3 amide bonds. The van der Waals surface area contributed by atoms with E-state index >= 15 is 0 Å². The molecule has 4 heterocycles. The van der Waals surface area contributed by atoms with Gasteiger partial charge in [0.2, 0.25) is 12.3 Å². The van der Waals surface area contributed by atoms with Crippen LogP contribution in [0.5, 0.6) is 0 Å². The van der Waals surface area contributed by atoms with E-state index in [-0.39, 0.29) is 46.6 Å². The Balaban J connectivity index is 1.23. The summed E-state index contributed by atoms with van der Waals surface area (Å²) in [7, 11) is 0. The molecule has 3 aliphatic heterocycles. The zero-order chi connectivity index (χ0) is 29.0. The van der Waals surface area contributed by atoms with E-state index in [9.17, 15) is 24.3 Å². The van der Waals surface area contributed by atoms with Crippen molar-refractivity contribution in [3.8, 4) is 0 Å². The van der Waals surface area contributed by atoms with Crippen molar-refractivity contribution in [1.29, 1.82) is 0 Å². The number of carbonyl (C=O) groups excluding carboxylic acids is 3. The maximum Gasteiger partial charge on any atom is 0.313 e. The largest absolute Gasteiger partial charge is 0.481 e. The Morgan fingerprint density at radius 2 is 2.29 bits per heavy atom. The van der Waals surface area contributed by atoms with Crippen LogP contribution in [-0.2, 0) is 24.0 Å². The summed E-state index contributed by atoms with van der Waals surface area (Å²) < 4.78 is 1.46. The second kappa shape index (κ2) is 12.5. The molecular weight excluding hydrogens is 595 g/mol. The summed E-state index contributed by atoms with van der Waals surface area (Å²) in [5.74, 6) is -1.67. The van der Waals surface area contributed by atoms with E-state index in [1.807, 2.05) is 12.2 Å². The van der Waals surface area contributed by atoms with Crippen LogP contribution >= 0.6 is 35.0 Å². The van der Waals surface area contributed by atoms with E-state index in [4.69, 9.17) is 4.84 Å². The van der Waals surface area contributed by atoms with Crippen LogP contribution in [0.3, 0.4) is 0 Å². The van der Waals surface area contributed by atoms with Crippen molar-refractivity contribution in [3.63, 3.8) is 0 Å². The van der Waals surface area contributed by atoms with Crippen molar-refractivity contribution >= 4 is 76.4 Å². The summed E-state index contributed by atoms with van der Waals surface area (Å²) in [5.41, 5.74) is 1.82. The summed E-state index contributed by atoms with van der Waals surface area (Å²) in [4.78, 5) is 60.8. The fourth-order valence-electron chi connectivity index (χ4n) is 4.38. The Kier molecular flexibility index (Phi) is 8.81. The predicted octanol–water partition coefficient (Wildman–Crippen LogP) is 0.436. The van der Waals surface area contributed by atoms with E-state index in [1.54, 1.807) is 22.8 Å². The highest BCUT2D eigenvalue weighted by Crippen LogP contribution is 2.44. The number of hydrogen-bond donors (Lipinski definition) is 4. The van der Waals surface area contributed by atoms with Crippen LogP contribution in [-0.4, -0.2) is 103 Å². The molecule has 1 aromatic rings. The van der Waals surface area contributed by atoms with Gasteiger partial charge in [-0.05, 0) is 30.9 Å². The SMILES string of the molecule is C=CCN1C=NN(SCC2(C(=O)O)CS[C@@H]3C(NC(=O)C(=NOC4C=CCC4)c4csc(NC=O)n4)C(=O)N3C2)N1. The molecule has 1 aliphatic carbocycles. The lowest BCUT2D eigenvalue weighted by atomic mass is 9.89. The van der Waals surface area contributed by atoms with Gasteiger partial charge in [0.1, 0.15) is 35.0 Å². The number of carboxylic acids is 1. The van der Waals surface area contributed by atoms with Gasteiger partial charge in [-0.1, -0.05) is 17.3 Å². The van der Waals surface area contributed by atoms with E-state index in [2.05, 4.69) is 38.0 Å². The molecule has 18 heteroatoms. The molecule has 4 N–H and O–H groups in total. The molecule has 2 fully saturated rings. The molecule has 3 unspecified atom stereocenters. The number of aliphatic carboxylic acids is 1. The second-order valence-corrected chi connectivity index (χ2v) is 12.3. The zero-order valence-electron chi connectivity index (χ0n) is 21.5. The number of allylic oxidation sites excluding steroid dienone is 1. The molecule has 218 valence electrons. The summed E-state index contributed by atoms with van der Waals surface area (Å²) >= 11 is 3.60. The number of β-lactam (4-membered cyclic amide) rings is 1. The number of thioether (sulfide) groups is 1. The average molecular weight is 622 g/mol. The Morgan fingerprint density at radius 3 is 3.02 bits per heavy atom. The molecule has 0 saturated carbocycles. The number of anilines is 1. The number of thiazole rings is 1. The molecule has 0 bridgehead atoms. The number of aromatic nitrogens is 1. The van der Waals surface area contributed by atoms with Crippen LogP contribution in [0.1, 0.15) is 18.5 Å². The monoisotopic (exact) mass is 621 g/mol. The average Bonchev–Trinajstić information content (AvgIpc) is 3.74. The number of hydrazine groups is 2. The molecule has 4 atom stereocenters. The number of nitrogens with zero attached hydrogens (tertiary/aromatic N) is 6. The molecular formula is C23H27N9O6S3. The summed E-state index contributed by atoms with van der Waals surface area (Å²) in [6.07, 6.45) is 8.82. The standard InChI is InChI=1S/C23H27N9O6S3/c1-2-7-30-12-25-32(29-30)41-11-23(21(36)37)9-31-19(35)17(20(31)40-10-23)27-18(34)16(28-38-14-5-3-4-6-14)15-8-39-22(26-15)24-13-33/h2-3,5,8,12-14,17,20,29H,1,4,6-7,9-11H2,(H,27,34)(H,36,37)(H,24,26,33)/t14?,17?,20-,23?/m1/s1. The maximum absolute atomic E-state index is 13.3. The van der Waals surface area contributed by atoms with Crippen LogP contribution in [0, 0.1) is 5.41 Å². The van der Waals surface area contributed by atoms with Gasteiger partial charge < -0.3 is 25.5 Å². The lowest BCUT2D eigenvalue weighted by Crippen LogP contribution is -2.74. The van der Waals surface area contributed by atoms with Gasteiger partial charge in [-0.2, -0.15) is 0 Å². The van der Waals surface area contributed by atoms with Gasteiger partial charge in [-0.3, -0.25) is 24.2 Å². The third-order valence-corrected chi connectivity index (χ3v) is 10.0. The number of hydrazone groups is 1. The smallest absolute Gasteiger partial charge is 0.313 e. The van der Waals surface area contributed by atoms with Crippen molar-refractivity contribution < 1.29 is 29.1 Å². The fourth-order valence-corrected chi connectivity index (χ4v) is 7.66. The number of amides is 3. The molecule has 0 radical (unpaired) electrons. The highest BCUT2D eigenvalue weighted by Gasteiger charge is 2.57. The van der Waals surface area contributed by atoms with Crippen LogP contribution < -0.4 is 16.2 Å². The van der Waals surface area contributed by atoms with Crippen molar-refractivity contribution in [2.24, 2.45) is 15.7 Å². The number of hydrogen-bond acceptors (Lipinski definition) is 14. The van der Waals surface area contributed by atoms with Crippen LogP contribution in [0.2, 0.25) is 0 Å². The lowest BCUT2D eigenvalue weighted by Gasteiger charge is -2.53. The molecule has 2 saturated heterocycles. The molecule has 1 aromatic heterocycles. The van der Waals surface area contributed by atoms with Gasteiger partial charge in [0.25, 0.3) is 5.91 Å². The Morgan fingerprint density at radius 1 is 1.44 bits per heavy atom. The molecule has 41 heavy (non-hydrogen) atoms. The Hall–Kier alpha value is -3.61. The van der Waals surface area contributed by atoms with Gasteiger partial charge in [0, 0.05) is 23.4 Å². The summed E-state index contributed by atoms with van der Waals surface area (Å²) in [5, 5.41) is 26.6. The van der Waals surface area contributed by atoms with E-state index < -0.39 is 28.7 Å². The van der Waals surface area contributed by atoms with Crippen LogP contribution in [0.15, 0.2) is 40.4 Å². The highest BCUT2D eigenvalue weighted by atomic mass is 32.2. The number of rotatable bonds is 13. The third kappa shape index (κ3) is 6.19. The van der Waals surface area contributed by atoms with Crippen LogP contribution in [0.4, 0.5) is 5.13 Å². The van der Waals surface area contributed by atoms with Gasteiger partial charge in [0.15, 0.2) is 10.8 Å². The molecule has 15 nitrogen and oxygen atoms in total. The molecule has 0 spiro atoms. The summed E-state index contributed by atoms with van der Waals surface area (Å²) in [6, 6.07) is -0.868. The Bertz CT molecular complexity index is 1310. The maximum atomic E-state index is 13.3. The molecule has 4 aliphatic rings. The quantitative estimate of drug-likeness (QED) is 0.0597. The number of oxime groups is 1. The van der Waals surface area contributed by atoms with Crippen molar-refractivity contribution in [2.75, 3.05) is 29.9 Å². The van der Waals surface area contributed by atoms with Crippen molar-refractivity contribution in [3.05, 3.63) is 35.9 Å². The number of carbonyl (C=O) groups is 4. The van der Waals surface area contributed by atoms with Gasteiger partial charge in [-0.25, -0.2) is 4.98 Å². The first-order chi connectivity index (χ1) is 19.8. The second-order valence-electron chi connectivity index (χ2n) is 9.41. The molecule has 5 rings (SSSR count). The lowest BCUT2D eigenvalue weighted by molar-refractivity contribution is -0.157. The summed E-state index contributed by atoms with van der Waals surface area (Å²) in [6.45, 7) is 4.19. The number of fused-ring (bicyclic) bond motifs is 1. The van der Waals surface area contributed by atoms with Gasteiger partial charge >= 0.3 is 5.97 Å². The van der Waals surface area contributed by atoms with Crippen molar-refractivity contribution in [2.45, 2.75) is 30.4 Å². The predicted molar refractivity (Wildman–Crippen MR) is 154 cm³/mol. The highest BCUT2D eigenvalue weighted by molar-refractivity contribution is 8.00. The minimum Gasteiger partial charge on any atom is -0.481 e. The van der Waals surface area contributed by atoms with Gasteiger partial charge in [-0.15, -0.1) is 44.8 Å². The van der Waals surface area contributed by atoms with E-state index in [1.165, 1.54) is 33.1 Å². The van der Waals surface area contributed by atoms with Gasteiger partial charge in [0.05, 0.1) is 6.54 Å². The number of nitrogens with one attached hydrogen (secondary N) is 3. The number of carboxylic acid groups (broad SMARTS) is 1. The normalized spacial score (nSPS) is 26.9. The van der Waals surface area contributed by atoms with Crippen molar-refractivity contribution in [1.82, 2.24) is 30.3 Å². The first-order valence-electron chi connectivity index (χ1n) is 12.5. The minimum absolute atomic E-state index is 0.00296.